The van der Waals surface area contributed by atoms with Gasteiger partial charge in [0, 0.05) is 6.04 Å². The van der Waals surface area contributed by atoms with Crippen molar-refractivity contribution in [1.82, 2.24) is 5.32 Å². The second kappa shape index (κ2) is 3.65. The van der Waals surface area contributed by atoms with Crippen LogP contribution in [0.15, 0.2) is 18.2 Å². The van der Waals surface area contributed by atoms with E-state index in [1.807, 2.05) is 0 Å². The molecule has 0 aromatic heterocycles. The Balaban J connectivity index is 1.50. The summed E-state index contributed by atoms with van der Waals surface area (Å²) in [5.41, 5.74) is 0.164. The molecule has 1 aromatic rings. The quantitative estimate of drug-likeness (QED) is 0.710. The number of phenols is 2. The predicted octanol–water partition coefficient (Wildman–Crippen LogP) is 1.87. The van der Waals surface area contributed by atoms with Crippen molar-refractivity contribution >= 4 is 5.91 Å². The van der Waals surface area contributed by atoms with Crippen LogP contribution in [0.4, 0.5) is 0 Å². The van der Waals surface area contributed by atoms with E-state index >= 15 is 0 Å². The number of nitrogens with one attached hydrogen (secondary N) is 1. The van der Waals surface area contributed by atoms with Crippen molar-refractivity contribution < 1.29 is 15.0 Å². The molecule has 1 amide bonds. The molecule has 4 rings (SSSR count). The minimum Gasteiger partial charge on any atom is -0.504 e. The fourth-order valence-electron chi connectivity index (χ4n) is 4.46. The van der Waals surface area contributed by atoms with E-state index in [2.05, 4.69) is 5.32 Å². The van der Waals surface area contributed by atoms with Crippen LogP contribution in [0.2, 0.25) is 0 Å². The highest BCUT2D eigenvalue weighted by Crippen LogP contribution is 2.65. The van der Waals surface area contributed by atoms with E-state index in [0.29, 0.717) is 17.9 Å². The number of carbonyl (C=O) groups excluding carboxylic acids is 1. The molecule has 3 fully saturated rings. The lowest BCUT2D eigenvalue weighted by Crippen LogP contribution is -2.29. The molecule has 3 aliphatic rings. The third-order valence-corrected chi connectivity index (χ3v) is 5.29. The summed E-state index contributed by atoms with van der Waals surface area (Å²) in [6.45, 7) is 0. The molecule has 3 aliphatic carbocycles. The van der Waals surface area contributed by atoms with Gasteiger partial charge in [0.1, 0.15) is 0 Å². The normalized spacial score (nSPS) is 38.0. The average molecular weight is 259 g/mol. The molecule has 0 radical (unpaired) electrons. The lowest BCUT2D eigenvalue weighted by atomic mass is 10.0. The summed E-state index contributed by atoms with van der Waals surface area (Å²) in [5.74, 6) is 2.10. The highest BCUT2D eigenvalue weighted by Gasteiger charge is 2.65. The number of aromatic hydroxyl groups is 2. The van der Waals surface area contributed by atoms with E-state index in [1.54, 1.807) is 6.07 Å². The molecule has 1 aromatic carbocycles. The van der Waals surface area contributed by atoms with Gasteiger partial charge in [-0.15, -0.1) is 0 Å². The first-order chi connectivity index (χ1) is 9.16. The zero-order valence-corrected chi connectivity index (χ0v) is 10.5. The summed E-state index contributed by atoms with van der Waals surface area (Å²) in [5, 5.41) is 22.2. The third-order valence-electron chi connectivity index (χ3n) is 5.29. The van der Waals surface area contributed by atoms with Gasteiger partial charge in [-0.2, -0.15) is 0 Å². The Hall–Kier alpha value is -1.71. The number of hydrogen-bond donors (Lipinski definition) is 3. The molecule has 0 spiro atoms. The topological polar surface area (TPSA) is 69.6 Å². The lowest BCUT2D eigenvalue weighted by molar-refractivity contribution is 0.0941. The molecule has 4 nitrogen and oxygen atoms in total. The Morgan fingerprint density at radius 3 is 2.53 bits per heavy atom. The first-order valence-corrected chi connectivity index (χ1v) is 6.98. The standard InChI is InChI=1S/C15H17NO3/c17-10-3-1-2-9(14(10)18)15(19)16-13-11-7-4-5-8(6-7)12(11)13/h1-3,7-8,11-13,17-18H,4-6H2,(H,16,19). The molecule has 19 heavy (non-hydrogen) atoms. The maximum atomic E-state index is 12.2. The van der Waals surface area contributed by atoms with E-state index in [-0.39, 0.29) is 23.0 Å². The van der Waals surface area contributed by atoms with Crippen LogP contribution in [0.5, 0.6) is 11.5 Å². The smallest absolute Gasteiger partial charge is 0.255 e. The molecule has 3 saturated carbocycles. The molecular weight excluding hydrogens is 242 g/mol. The summed E-state index contributed by atoms with van der Waals surface area (Å²) >= 11 is 0. The highest BCUT2D eigenvalue weighted by atomic mass is 16.3. The van der Waals surface area contributed by atoms with Gasteiger partial charge in [-0.3, -0.25) is 4.79 Å². The van der Waals surface area contributed by atoms with Gasteiger partial charge in [0.25, 0.3) is 5.91 Å². The van der Waals surface area contributed by atoms with Gasteiger partial charge in [-0.25, -0.2) is 0 Å². The van der Waals surface area contributed by atoms with Gasteiger partial charge in [0.2, 0.25) is 0 Å². The SMILES string of the molecule is O=C(NC1C2C3CCC(C3)C12)c1cccc(O)c1O. The number of fused-ring (bicyclic) bond motifs is 5. The number of benzene rings is 1. The Morgan fingerprint density at radius 1 is 1.16 bits per heavy atom. The Morgan fingerprint density at radius 2 is 1.84 bits per heavy atom. The molecule has 0 heterocycles. The number of phenolic OH excluding ortho intramolecular Hbond substituents is 2. The molecule has 4 heteroatoms. The van der Waals surface area contributed by atoms with Crippen LogP contribution in [0.1, 0.15) is 29.6 Å². The van der Waals surface area contributed by atoms with Crippen molar-refractivity contribution in [1.29, 1.82) is 0 Å². The van der Waals surface area contributed by atoms with Crippen LogP contribution < -0.4 is 5.32 Å². The van der Waals surface area contributed by atoms with Crippen LogP contribution in [-0.4, -0.2) is 22.2 Å². The highest BCUT2D eigenvalue weighted by molar-refractivity contribution is 5.98. The minimum absolute atomic E-state index is 0.164. The summed E-state index contributed by atoms with van der Waals surface area (Å²) < 4.78 is 0. The monoisotopic (exact) mass is 259 g/mol. The lowest BCUT2D eigenvalue weighted by Gasteiger charge is -2.11. The maximum absolute atomic E-state index is 12.2. The summed E-state index contributed by atoms with van der Waals surface area (Å²) in [4.78, 5) is 12.2. The van der Waals surface area contributed by atoms with Gasteiger partial charge in [0.05, 0.1) is 5.56 Å². The molecule has 100 valence electrons. The third kappa shape index (κ3) is 1.49. The van der Waals surface area contributed by atoms with Crippen molar-refractivity contribution in [3.8, 4) is 11.5 Å². The first-order valence-electron chi connectivity index (χ1n) is 6.98. The van der Waals surface area contributed by atoms with E-state index in [4.69, 9.17) is 0 Å². The van der Waals surface area contributed by atoms with Crippen LogP contribution >= 0.6 is 0 Å². The molecule has 0 saturated heterocycles. The van der Waals surface area contributed by atoms with Crippen molar-refractivity contribution in [2.45, 2.75) is 25.3 Å². The van der Waals surface area contributed by atoms with Crippen LogP contribution in [0, 0.1) is 23.7 Å². The number of carbonyl (C=O) groups is 1. The van der Waals surface area contributed by atoms with Crippen molar-refractivity contribution in [3.63, 3.8) is 0 Å². The van der Waals surface area contributed by atoms with Crippen LogP contribution in [-0.2, 0) is 0 Å². The molecule has 4 unspecified atom stereocenters. The largest absolute Gasteiger partial charge is 0.504 e. The molecule has 3 N–H and O–H groups in total. The average Bonchev–Trinajstić information content (AvgIpc) is 2.81. The van der Waals surface area contributed by atoms with E-state index in [1.165, 1.54) is 31.4 Å². The van der Waals surface area contributed by atoms with Crippen LogP contribution in [0.25, 0.3) is 0 Å². The number of amides is 1. The Bertz CT molecular complexity index is 540. The number of hydrogen-bond acceptors (Lipinski definition) is 3. The van der Waals surface area contributed by atoms with Gasteiger partial charge in [-0.1, -0.05) is 6.07 Å². The minimum atomic E-state index is -0.325. The summed E-state index contributed by atoms with van der Waals surface area (Å²) in [6.07, 6.45) is 3.98. The first kappa shape index (κ1) is 11.1. The molecule has 4 atom stereocenters. The zero-order chi connectivity index (χ0) is 13.1. The van der Waals surface area contributed by atoms with Crippen molar-refractivity contribution in [3.05, 3.63) is 23.8 Å². The number of rotatable bonds is 2. The van der Waals surface area contributed by atoms with Crippen molar-refractivity contribution in [2.75, 3.05) is 0 Å². The molecular formula is C15H17NO3. The van der Waals surface area contributed by atoms with E-state index < -0.39 is 0 Å². The van der Waals surface area contributed by atoms with Crippen LogP contribution in [0.3, 0.4) is 0 Å². The Kier molecular flexibility index (Phi) is 2.14. The fourth-order valence-corrected chi connectivity index (χ4v) is 4.46. The van der Waals surface area contributed by atoms with E-state index in [9.17, 15) is 15.0 Å². The second-order valence-electron chi connectivity index (χ2n) is 6.16. The van der Waals surface area contributed by atoms with Gasteiger partial charge in [0.15, 0.2) is 11.5 Å². The Labute approximate surface area is 111 Å². The molecule has 2 bridgehead atoms. The van der Waals surface area contributed by atoms with E-state index in [0.717, 1.165) is 11.8 Å². The second-order valence-corrected chi connectivity index (χ2v) is 6.16. The fraction of sp³-hybridized carbons (Fsp3) is 0.533. The summed E-state index contributed by atoms with van der Waals surface area (Å²) in [6, 6.07) is 4.78. The predicted molar refractivity (Wildman–Crippen MR) is 68.8 cm³/mol. The van der Waals surface area contributed by atoms with Gasteiger partial charge >= 0.3 is 0 Å². The zero-order valence-electron chi connectivity index (χ0n) is 10.5. The van der Waals surface area contributed by atoms with Gasteiger partial charge in [-0.05, 0) is 55.1 Å². The molecule has 0 aliphatic heterocycles. The number of para-hydroxylation sites is 1. The maximum Gasteiger partial charge on any atom is 0.255 e. The van der Waals surface area contributed by atoms with Crippen molar-refractivity contribution in [2.24, 2.45) is 23.7 Å². The van der Waals surface area contributed by atoms with Gasteiger partial charge < -0.3 is 15.5 Å². The summed E-state index contributed by atoms with van der Waals surface area (Å²) in [7, 11) is 0.